The lowest BCUT2D eigenvalue weighted by atomic mass is 9.85. The third-order valence-electron chi connectivity index (χ3n) is 5.10. The Labute approximate surface area is 193 Å². The van der Waals surface area contributed by atoms with Gasteiger partial charge in [-0.1, -0.05) is 44.5 Å². The van der Waals surface area contributed by atoms with Gasteiger partial charge in [-0.3, -0.25) is 5.41 Å². The molecule has 7 heteroatoms. The van der Waals surface area contributed by atoms with Gasteiger partial charge in [-0.2, -0.15) is 0 Å². The van der Waals surface area contributed by atoms with Crippen LogP contribution >= 0.6 is 0 Å². The van der Waals surface area contributed by atoms with E-state index in [0.29, 0.717) is 43.8 Å². The molecule has 1 aromatic carbocycles. The van der Waals surface area contributed by atoms with E-state index in [1.54, 1.807) is 6.92 Å². The van der Waals surface area contributed by atoms with Crippen LogP contribution in [0.4, 0.5) is 4.79 Å². The number of hydrogen-bond acceptors (Lipinski definition) is 6. The number of ether oxygens (including phenoxy) is 1. The van der Waals surface area contributed by atoms with E-state index in [9.17, 15) is 4.79 Å². The van der Waals surface area contributed by atoms with Crippen LogP contribution in [0.25, 0.3) is 0 Å². The van der Waals surface area contributed by atoms with Crippen molar-refractivity contribution in [2.45, 2.75) is 71.9 Å². The predicted octanol–water partition coefficient (Wildman–Crippen LogP) is 4.54. The van der Waals surface area contributed by atoms with Crippen LogP contribution in [0.3, 0.4) is 0 Å². The van der Waals surface area contributed by atoms with Gasteiger partial charge in [-0.05, 0) is 68.3 Å². The molecule has 0 radical (unpaired) electrons. The second-order valence-electron chi connectivity index (χ2n) is 8.07. The summed E-state index contributed by atoms with van der Waals surface area (Å²) in [7, 11) is 1.91. The first kappa shape index (κ1) is 27.5. The fourth-order valence-corrected chi connectivity index (χ4v) is 3.60. The maximum Gasteiger partial charge on any atom is 0.407 e. The van der Waals surface area contributed by atoms with Crippen LogP contribution < -0.4 is 16.4 Å². The first-order valence-electron chi connectivity index (χ1n) is 11.6. The lowest BCUT2D eigenvalue weighted by Gasteiger charge is -2.24. The summed E-state index contributed by atoms with van der Waals surface area (Å²) in [5, 5.41) is 22.7. The van der Waals surface area contributed by atoms with Gasteiger partial charge in [0.25, 0.3) is 0 Å². The van der Waals surface area contributed by atoms with Crippen molar-refractivity contribution in [1.82, 2.24) is 10.6 Å². The number of rotatable bonds is 8. The second-order valence-corrected chi connectivity index (χ2v) is 8.07. The van der Waals surface area contributed by atoms with Gasteiger partial charge in [0, 0.05) is 25.3 Å². The molecule has 0 spiro atoms. The molecule has 1 unspecified atom stereocenters. The van der Waals surface area contributed by atoms with Crippen LogP contribution in [0.1, 0.15) is 70.4 Å². The Balaban J connectivity index is 0.00000161. The number of alkyl carbamates (subject to hydrolysis) is 1. The highest BCUT2D eigenvalue weighted by atomic mass is 16.6. The third kappa shape index (κ3) is 9.32. The summed E-state index contributed by atoms with van der Waals surface area (Å²) in [6.45, 7) is 7.58. The highest BCUT2D eigenvalue weighted by molar-refractivity contribution is 6.15. The Morgan fingerprint density at radius 1 is 1.12 bits per heavy atom. The van der Waals surface area contributed by atoms with Crippen molar-refractivity contribution in [2.75, 3.05) is 20.1 Å². The zero-order valence-electron chi connectivity index (χ0n) is 20.1. The topological polar surface area (TPSA) is 124 Å². The van der Waals surface area contributed by atoms with Gasteiger partial charge >= 0.3 is 6.09 Å². The summed E-state index contributed by atoms with van der Waals surface area (Å²) in [6.07, 6.45) is 4.16. The number of allylic oxidation sites excluding steroid dienone is 2. The Morgan fingerprint density at radius 2 is 1.78 bits per heavy atom. The van der Waals surface area contributed by atoms with E-state index in [1.165, 1.54) is 12.0 Å². The zero-order chi connectivity index (χ0) is 23.9. The maximum atomic E-state index is 11.8. The lowest BCUT2D eigenvalue weighted by Crippen LogP contribution is -2.33. The molecule has 2 rings (SSSR count). The van der Waals surface area contributed by atoms with Crippen molar-refractivity contribution in [3.05, 3.63) is 46.5 Å². The minimum absolute atomic E-state index is 0.182. The highest BCUT2D eigenvalue weighted by Crippen LogP contribution is 2.28. The third-order valence-corrected chi connectivity index (χ3v) is 5.10. The number of carbonyl (C=O) groups excluding carboxylic acids is 1. The first-order valence-corrected chi connectivity index (χ1v) is 11.6. The Hall–Kier alpha value is -2.51. The summed E-state index contributed by atoms with van der Waals surface area (Å²) in [6, 6.07) is 8.02. The molecule has 7 nitrogen and oxygen atoms in total. The molecule has 0 aromatic heterocycles. The van der Waals surface area contributed by atoms with Crippen molar-refractivity contribution in [1.29, 1.82) is 10.8 Å². The summed E-state index contributed by atoms with van der Waals surface area (Å²) in [5.41, 5.74) is 10.2. The summed E-state index contributed by atoms with van der Waals surface area (Å²) >= 11 is 0. The monoisotopic (exact) mass is 443 g/mol. The largest absolute Gasteiger partial charge is 0.446 e. The first-order chi connectivity index (χ1) is 15.4. The molecule has 6 N–H and O–H groups in total. The standard InChI is InChI=1S/C22H33N5O2.C3H8/c1-15(24)19-11-10-18(29-22(28)27-13-12-23)4-3-5-20(19)21(25)17-8-6-16(7-9-17)14-26-2;1-3-2/h6-9,18,24-26H,3-5,10-14,23H2,1-2H3,(H,27,28);3H2,1-2H3/b20-19-,24-15?,25-21?;. The SMILES string of the molecule is CCC.CNCc1ccc(C(=N)/C2=C(\C(C)=N)CCC(OC(=O)NCCN)CCC2)cc1. The van der Waals surface area contributed by atoms with Gasteiger partial charge < -0.3 is 26.5 Å². The van der Waals surface area contributed by atoms with E-state index in [-0.39, 0.29) is 6.10 Å². The number of carbonyl (C=O) groups is 1. The van der Waals surface area contributed by atoms with Crippen molar-refractivity contribution in [2.24, 2.45) is 5.73 Å². The van der Waals surface area contributed by atoms with Crippen LogP contribution in [-0.4, -0.2) is 43.8 Å². The molecule has 0 saturated carbocycles. The molecule has 1 aliphatic rings. The highest BCUT2D eigenvalue weighted by Gasteiger charge is 2.22. The fourth-order valence-electron chi connectivity index (χ4n) is 3.60. The molecule has 0 heterocycles. The van der Waals surface area contributed by atoms with Crippen molar-refractivity contribution in [3.63, 3.8) is 0 Å². The Morgan fingerprint density at radius 3 is 2.34 bits per heavy atom. The van der Waals surface area contributed by atoms with Crippen molar-refractivity contribution >= 4 is 17.5 Å². The molecule has 0 fully saturated rings. The Bertz CT molecular complexity index is 771. The average Bonchev–Trinajstić information content (AvgIpc) is 2.75. The average molecular weight is 444 g/mol. The number of nitrogens with two attached hydrogens (primary N) is 1. The van der Waals surface area contributed by atoms with Gasteiger partial charge in [-0.25, -0.2) is 4.79 Å². The molecule has 178 valence electrons. The lowest BCUT2D eigenvalue weighted by molar-refractivity contribution is 0.0862. The quantitative estimate of drug-likeness (QED) is 0.378. The van der Waals surface area contributed by atoms with Gasteiger partial charge in [0.15, 0.2) is 0 Å². The Kier molecular flexibility index (Phi) is 13.2. The van der Waals surface area contributed by atoms with E-state index in [2.05, 4.69) is 24.5 Å². The smallest absolute Gasteiger partial charge is 0.407 e. The molecule has 0 aliphatic heterocycles. The fraction of sp³-hybridized carbons (Fsp3) is 0.560. The van der Waals surface area contributed by atoms with Crippen LogP contribution in [0.5, 0.6) is 0 Å². The zero-order valence-corrected chi connectivity index (χ0v) is 20.1. The summed E-state index contributed by atoms with van der Waals surface area (Å²) in [4.78, 5) is 11.8. The normalized spacial score (nSPS) is 18.5. The van der Waals surface area contributed by atoms with E-state index in [1.807, 2.05) is 31.3 Å². The van der Waals surface area contributed by atoms with E-state index >= 15 is 0 Å². The van der Waals surface area contributed by atoms with Crippen molar-refractivity contribution in [3.8, 4) is 0 Å². The molecular weight excluding hydrogens is 402 g/mol. The van der Waals surface area contributed by atoms with Crippen LogP contribution in [0.15, 0.2) is 35.4 Å². The minimum Gasteiger partial charge on any atom is -0.446 e. The van der Waals surface area contributed by atoms with E-state index in [0.717, 1.165) is 36.1 Å². The number of hydrogen-bond donors (Lipinski definition) is 5. The molecular formula is C25H41N5O2. The maximum absolute atomic E-state index is 11.8. The number of amides is 1. The molecule has 1 amide bonds. The summed E-state index contributed by atoms with van der Waals surface area (Å²) < 4.78 is 5.52. The van der Waals surface area contributed by atoms with E-state index in [4.69, 9.17) is 21.3 Å². The minimum atomic E-state index is -0.437. The van der Waals surface area contributed by atoms with Crippen LogP contribution in [0, 0.1) is 10.8 Å². The molecule has 0 bridgehead atoms. The molecule has 32 heavy (non-hydrogen) atoms. The molecule has 1 aromatic rings. The summed E-state index contributed by atoms with van der Waals surface area (Å²) in [5.74, 6) is 0. The van der Waals surface area contributed by atoms with Gasteiger partial charge in [0.1, 0.15) is 6.10 Å². The predicted molar refractivity (Wildman–Crippen MR) is 133 cm³/mol. The van der Waals surface area contributed by atoms with Gasteiger partial charge in [-0.15, -0.1) is 0 Å². The van der Waals surface area contributed by atoms with Gasteiger partial charge in [0.05, 0.1) is 5.71 Å². The van der Waals surface area contributed by atoms with Gasteiger partial charge in [0.2, 0.25) is 0 Å². The van der Waals surface area contributed by atoms with Crippen LogP contribution in [0.2, 0.25) is 0 Å². The number of nitrogens with one attached hydrogen (secondary N) is 4. The van der Waals surface area contributed by atoms with Crippen LogP contribution in [-0.2, 0) is 11.3 Å². The molecule has 1 aliphatic carbocycles. The molecule has 1 atom stereocenters. The molecule has 0 saturated heterocycles. The number of benzene rings is 1. The van der Waals surface area contributed by atoms with E-state index < -0.39 is 6.09 Å². The second kappa shape index (κ2) is 15.3. The van der Waals surface area contributed by atoms with Crippen molar-refractivity contribution < 1.29 is 9.53 Å².